The first-order chi connectivity index (χ1) is 22.2. The minimum Gasteiger partial charge on any atom is -0.375 e. The first-order valence-corrected chi connectivity index (χ1v) is 17.0. The molecule has 0 radical (unpaired) electrons. The summed E-state index contributed by atoms with van der Waals surface area (Å²) in [4.78, 5) is 0. The van der Waals surface area contributed by atoms with Crippen molar-refractivity contribution in [3.05, 3.63) is 149 Å². The number of benzene rings is 6. The maximum absolute atomic E-state index is 4.19. The topological polar surface area (TPSA) is 12.0 Å². The molecule has 0 atom stereocenters. The Morgan fingerprint density at radius 2 is 1.13 bits per heavy atom. The van der Waals surface area contributed by atoms with Crippen molar-refractivity contribution >= 4 is 16.5 Å². The number of hydrogen-bond acceptors (Lipinski definition) is 1. The molecular formula is C45H43N. The monoisotopic (exact) mass is 597 g/mol. The van der Waals surface area contributed by atoms with Gasteiger partial charge in [-0.05, 0) is 91.4 Å². The van der Waals surface area contributed by atoms with Crippen molar-refractivity contribution in [1.82, 2.24) is 0 Å². The van der Waals surface area contributed by atoms with Crippen LogP contribution in [0.2, 0.25) is 0 Å². The number of rotatable bonds is 6. The Bertz CT molecular complexity index is 2140. The zero-order chi connectivity index (χ0) is 31.8. The predicted octanol–water partition coefficient (Wildman–Crippen LogP) is 12.2. The largest absolute Gasteiger partial charge is 0.375 e. The van der Waals surface area contributed by atoms with Crippen LogP contribution in [0.1, 0.15) is 82.2 Å². The van der Waals surface area contributed by atoms with Crippen LogP contribution in [0.25, 0.3) is 44.2 Å². The average molecular weight is 598 g/mol. The van der Waals surface area contributed by atoms with Crippen LogP contribution in [0.3, 0.4) is 0 Å². The summed E-state index contributed by atoms with van der Waals surface area (Å²) in [5.74, 6) is 0. The predicted molar refractivity (Wildman–Crippen MR) is 197 cm³/mol. The fraction of sp³-hybridized carbons (Fsp3) is 0.244. The number of hydrogen-bond donors (Lipinski definition) is 1. The smallest absolute Gasteiger partial charge is 0.0620 e. The number of anilines is 1. The van der Waals surface area contributed by atoms with E-state index in [0.29, 0.717) is 0 Å². The fourth-order valence-electron chi connectivity index (χ4n) is 8.76. The third kappa shape index (κ3) is 3.94. The lowest BCUT2D eigenvalue weighted by Gasteiger charge is -2.37. The molecule has 0 heterocycles. The molecule has 8 rings (SSSR count). The van der Waals surface area contributed by atoms with E-state index in [4.69, 9.17) is 0 Å². The number of fused-ring (bicyclic) bond motifs is 8. The SMILES string of the molecule is CCC(CC)(Nc1cccc2c1-c1ccccc1C2(C)C)c1ccc2c(c1)C(C)(C)c1cc(-c3ccccc3)c3ccccc3c1-2. The normalized spacial score (nSPS) is 15.3. The van der Waals surface area contributed by atoms with Gasteiger partial charge in [0.05, 0.1) is 5.54 Å². The van der Waals surface area contributed by atoms with Crippen molar-refractivity contribution in [2.45, 2.75) is 70.8 Å². The van der Waals surface area contributed by atoms with Crippen LogP contribution in [0, 0.1) is 0 Å². The fourth-order valence-corrected chi connectivity index (χ4v) is 8.76. The lowest BCUT2D eigenvalue weighted by molar-refractivity contribution is 0.453. The van der Waals surface area contributed by atoms with Crippen molar-refractivity contribution in [2.24, 2.45) is 0 Å². The lowest BCUT2D eigenvalue weighted by Crippen LogP contribution is -2.34. The molecule has 2 aliphatic carbocycles. The van der Waals surface area contributed by atoms with E-state index >= 15 is 0 Å². The summed E-state index contributed by atoms with van der Waals surface area (Å²) in [6.45, 7) is 14.2. The maximum Gasteiger partial charge on any atom is 0.0620 e. The van der Waals surface area contributed by atoms with Crippen molar-refractivity contribution in [1.29, 1.82) is 0 Å². The summed E-state index contributed by atoms with van der Waals surface area (Å²) in [6.07, 6.45) is 1.98. The molecule has 1 heteroatoms. The third-order valence-corrected chi connectivity index (χ3v) is 11.5. The molecule has 1 nitrogen and oxygen atoms in total. The van der Waals surface area contributed by atoms with E-state index in [9.17, 15) is 0 Å². The second-order valence-corrected chi connectivity index (χ2v) is 14.5. The number of nitrogens with one attached hydrogen (secondary N) is 1. The van der Waals surface area contributed by atoms with E-state index in [1.165, 1.54) is 77.7 Å². The molecule has 0 aliphatic heterocycles. The second-order valence-electron chi connectivity index (χ2n) is 14.5. The Kier molecular flexibility index (Phi) is 6.39. The van der Waals surface area contributed by atoms with Gasteiger partial charge in [-0.2, -0.15) is 0 Å². The minimum absolute atomic E-state index is 0.0184. The Morgan fingerprint density at radius 3 is 1.89 bits per heavy atom. The third-order valence-electron chi connectivity index (χ3n) is 11.5. The molecule has 0 amide bonds. The molecule has 46 heavy (non-hydrogen) atoms. The van der Waals surface area contributed by atoms with Gasteiger partial charge in [0.1, 0.15) is 0 Å². The highest BCUT2D eigenvalue weighted by molar-refractivity contribution is 6.09. The van der Waals surface area contributed by atoms with Crippen LogP contribution < -0.4 is 5.32 Å². The molecule has 0 bridgehead atoms. The molecule has 6 aromatic rings. The van der Waals surface area contributed by atoms with E-state index in [-0.39, 0.29) is 16.4 Å². The van der Waals surface area contributed by atoms with Crippen LogP contribution in [0.15, 0.2) is 121 Å². The van der Waals surface area contributed by atoms with Crippen molar-refractivity contribution in [2.75, 3.05) is 5.32 Å². The lowest BCUT2D eigenvalue weighted by atomic mass is 9.77. The van der Waals surface area contributed by atoms with Crippen LogP contribution in [-0.4, -0.2) is 0 Å². The Hall–Kier alpha value is -4.62. The van der Waals surface area contributed by atoms with E-state index in [2.05, 4.69) is 168 Å². The summed E-state index contributed by atoms with van der Waals surface area (Å²) in [6, 6.07) is 45.5. The highest BCUT2D eigenvalue weighted by Crippen LogP contribution is 2.55. The van der Waals surface area contributed by atoms with Gasteiger partial charge in [0.2, 0.25) is 0 Å². The first-order valence-electron chi connectivity index (χ1n) is 17.0. The summed E-state index contributed by atoms with van der Waals surface area (Å²) in [5, 5.41) is 6.85. The molecule has 2 aliphatic rings. The molecular weight excluding hydrogens is 555 g/mol. The van der Waals surface area contributed by atoms with Gasteiger partial charge < -0.3 is 5.32 Å². The summed E-state index contributed by atoms with van der Waals surface area (Å²) >= 11 is 0. The maximum atomic E-state index is 4.19. The van der Waals surface area contributed by atoms with Gasteiger partial charge >= 0.3 is 0 Å². The van der Waals surface area contributed by atoms with Crippen molar-refractivity contribution < 1.29 is 0 Å². The van der Waals surface area contributed by atoms with Gasteiger partial charge in [0, 0.05) is 22.1 Å². The minimum atomic E-state index is -0.200. The van der Waals surface area contributed by atoms with Gasteiger partial charge in [-0.25, -0.2) is 0 Å². The second kappa shape index (κ2) is 10.2. The van der Waals surface area contributed by atoms with Gasteiger partial charge in [-0.15, -0.1) is 0 Å². The highest BCUT2D eigenvalue weighted by atomic mass is 15.0. The van der Waals surface area contributed by atoms with Crippen molar-refractivity contribution in [3.63, 3.8) is 0 Å². The van der Waals surface area contributed by atoms with Crippen LogP contribution in [0.5, 0.6) is 0 Å². The Morgan fingerprint density at radius 1 is 0.500 bits per heavy atom. The molecule has 0 unspecified atom stereocenters. The van der Waals surface area contributed by atoms with E-state index in [0.717, 1.165) is 12.8 Å². The van der Waals surface area contributed by atoms with Crippen LogP contribution >= 0.6 is 0 Å². The molecule has 0 aromatic heterocycles. The quantitative estimate of drug-likeness (QED) is 0.201. The standard InChI is InChI=1S/C45H43N/c1-7-45(8-2,46-40-24-16-23-37-42(40)33-21-14-15-22-36(33)43(37,3)4)30-25-26-34-38(27-30)44(5,6)39-28-35(29-17-10-9-11-18-29)31-19-12-13-20-32(31)41(34)39/h9-28,46H,7-8H2,1-6H3. The molecule has 1 N–H and O–H groups in total. The van der Waals surface area contributed by atoms with E-state index in [1.807, 2.05) is 0 Å². The Labute approximate surface area is 274 Å². The zero-order valence-electron chi connectivity index (χ0n) is 28.0. The summed E-state index contributed by atoms with van der Waals surface area (Å²) in [7, 11) is 0. The Balaban J connectivity index is 1.28. The summed E-state index contributed by atoms with van der Waals surface area (Å²) < 4.78 is 0. The van der Waals surface area contributed by atoms with Gasteiger partial charge in [0.25, 0.3) is 0 Å². The molecule has 228 valence electrons. The highest BCUT2D eigenvalue weighted by Gasteiger charge is 2.41. The molecule has 6 aromatic carbocycles. The molecule has 0 spiro atoms. The van der Waals surface area contributed by atoms with Gasteiger partial charge in [-0.3, -0.25) is 0 Å². The van der Waals surface area contributed by atoms with E-state index in [1.54, 1.807) is 0 Å². The van der Waals surface area contributed by atoms with E-state index < -0.39 is 0 Å². The van der Waals surface area contributed by atoms with Crippen LogP contribution in [0.4, 0.5) is 5.69 Å². The molecule has 0 fully saturated rings. The van der Waals surface area contributed by atoms with Crippen molar-refractivity contribution in [3.8, 4) is 33.4 Å². The molecule has 0 saturated carbocycles. The zero-order valence-corrected chi connectivity index (χ0v) is 28.0. The molecule has 0 saturated heterocycles. The first kappa shape index (κ1) is 28.8. The van der Waals surface area contributed by atoms with Crippen LogP contribution in [-0.2, 0) is 16.4 Å². The summed E-state index contributed by atoms with van der Waals surface area (Å²) in [5.41, 5.74) is 16.0. The van der Waals surface area contributed by atoms with Gasteiger partial charge in [-0.1, -0.05) is 151 Å². The average Bonchev–Trinajstić information content (AvgIpc) is 3.47. The van der Waals surface area contributed by atoms with Gasteiger partial charge in [0.15, 0.2) is 0 Å².